The summed E-state index contributed by atoms with van der Waals surface area (Å²) in [6, 6.07) is 5.49. The number of hydrogen-bond acceptors (Lipinski definition) is 10. The van der Waals surface area contributed by atoms with Crippen molar-refractivity contribution in [2.45, 2.75) is 191 Å². The number of nitrogens with one attached hydrogen (secondary N) is 1. The topological polar surface area (TPSA) is 178 Å². The van der Waals surface area contributed by atoms with Gasteiger partial charge >= 0.3 is 6.09 Å². The SMILES string of the molecule is CCCCCCCCCCCCCC[C@@H](O)[C@@H](O)[C@H](CO[C@H]1OC(CO)[C@H](O)[C@H](O)C1O)NC(=O)OCCCCCCCCCc1ccc(F)cc1. The van der Waals surface area contributed by atoms with Gasteiger partial charge in [0.1, 0.15) is 36.3 Å². The van der Waals surface area contributed by atoms with Crippen LogP contribution in [0.25, 0.3) is 0 Å². The summed E-state index contributed by atoms with van der Waals surface area (Å²) in [4.78, 5) is 12.7. The second-order valence-corrected chi connectivity index (χ2v) is 14.5. The summed E-state index contributed by atoms with van der Waals surface area (Å²) in [6.07, 6.45) is 11.3. The lowest BCUT2D eigenvalue weighted by Gasteiger charge is -2.40. The zero-order valence-corrected chi connectivity index (χ0v) is 31.6. The summed E-state index contributed by atoms with van der Waals surface area (Å²) in [5, 5.41) is 64.5. The van der Waals surface area contributed by atoms with Crippen LogP contribution in [0.1, 0.15) is 141 Å². The van der Waals surface area contributed by atoms with Crippen molar-refractivity contribution in [3.63, 3.8) is 0 Å². The van der Waals surface area contributed by atoms with E-state index in [0.29, 0.717) is 19.3 Å². The van der Waals surface area contributed by atoms with Gasteiger partial charge in [-0.15, -0.1) is 0 Å². The highest BCUT2D eigenvalue weighted by atomic mass is 19.1. The number of ether oxygens (including phenoxy) is 3. The molecular formula is C40H70FNO10. The molecule has 0 spiro atoms. The smallest absolute Gasteiger partial charge is 0.407 e. The van der Waals surface area contributed by atoms with Crippen LogP contribution in [0.2, 0.25) is 0 Å². The van der Waals surface area contributed by atoms with Gasteiger partial charge in [-0.2, -0.15) is 0 Å². The number of alkyl carbamates (subject to hydrolysis) is 1. The van der Waals surface area contributed by atoms with Gasteiger partial charge < -0.3 is 50.2 Å². The van der Waals surface area contributed by atoms with Crippen molar-refractivity contribution in [3.05, 3.63) is 35.6 Å². The van der Waals surface area contributed by atoms with Gasteiger partial charge in [-0.3, -0.25) is 0 Å². The number of hydrogen-bond donors (Lipinski definition) is 7. The lowest BCUT2D eigenvalue weighted by atomic mass is 9.98. The molecule has 0 aliphatic carbocycles. The molecule has 8 atom stereocenters. The van der Waals surface area contributed by atoms with Gasteiger partial charge in [0.05, 0.1) is 32.0 Å². The van der Waals surface area contributed by atoms with Crippen molar-refractivity contribution in [2.24, 2.45) is 0 Å². The van der Waals surface area contributed by atoms with Gasteiger partial charge in [-0.05, 0) is 43.4 Å². The molecule has 1 heterocycles. The third kappa shape index (κ3) is 19.4. The standard InChI is InChI=1S/C40H70FNO10/c1-2-3-4-5-6-7-8-9-10-13-16-19-22-33(44)35(45)32(29-51-39-38(48)37(47)36(46)34(28-43)52-39)42-40(49)50-27-20-17-14-11-12-15-18-21-30-23-25-31(41)26-24-30/h23-26,32-39,43-48H,2-22,27-29H2,1H3,(H,42,49)/t32-,33+,34?,35-,36-,37-,38?,39-/m0/s1. The minimum absolute atomic E-state index is 0.175. The molecule has 7 N–H and O–H groups in total. The highest BCUT2D eigenvalue weighted by Crippen LogP contribution is 2.23. The number of rotatable bonds is 30. The van der Waals surface area contributed by atoms with Crippen molar-refractivity contribution in [3.8, 4) is 0 Å². The van der Waals surface area contributed by atoms with Crippen LogP contribution in [0.4, 0.5) is 9.18 Å². The summed E-state index contributed by atoms with van der Waals surface area (Å²) in [6.45, 7) is 1.36. The summed E-state index contributed by atoms with van der Waals surface area (Å²) in [5.41, 5.74) is 1.14. The molecule has 0 aromatic heterocycles. The highest BCUT2D eigenvalue weighted by Gasteiger charge is 2.44. The van der Waals surface area contributed by atoms with Crippen LogP contribution in [0.5, 0.6) is 0 Å². The van der Waals surface area contributed by atoms with E-state index < -0.39 is 68.3 Å². The van der Waals surface area contributed by atoms with Crippen LogP contribution in [-0.2, 0) is 20.6 Å². The molecule has 2 unspecified atom stereocenters. The van der Waals surface area contributed by atoms with Gasteiger partial charge in [0.25, 0.3) is 0 Å². The zero-order valence-electron chi connectivity index (χ0n) is 31.6. The van der Waals surface area contributed by atoms with Crippen molar-refractivity contribution in [2.75, 3.05) is 19.8 Å². The average Bonchev–Trinajstić information content (AvgIpc) is 3.14. The molecule has 1 saturated heterocycles. The van der Waals surface area contributed by atoms with E-state index >= 15 is 0 Å². The van der Waals surface area contributed by atoms with E-state index in [4.69, 9.17) is 14.2 Å². The largest absolute Gasteiger partial charge is 0.450 e. The summed E-state index contributed by atoms with van der Waals surface area (Å²) in [7, 11) is 0. The summed E-state index contributed by atoms with van der Waals surface area (Å²) >= 11 is 0. The van der Waals surface area contributed by atoms with E-state index in [0.717, 1.165) is 69.8 Å². The molecule has 0 bridgehead atoms. The Balaban J connectivity index is 1.72. The molecule has 1 aromatic carbocycles. The highest BCUT2D eigenvalue weighted by molar-refractivity contribution is 5.67. The van der Waals surface area contributed by atoms with Crippen molar-refractivity contribution in [1.29, 1.82) is 0 Å². The first-order valence-corrected chi connectivity index (χ1v) is 20.1. The number of unbranched alkanes of at least 4 members (excludes halogenated alkanes) is 17. The summed E-state index contributed by atoms with van der Waals surface area (Å²) < 4.78 is 29.4. The fourth-order valence-electron chi connectivity index (χ4n) is 6.59. The second kappa shape index (κ2) is 28.5. The molecule has 11 nitrogen and oxygen atoms in total. The minimum Gasteiger partial charge on any atom is -0.450 e. The molecular weight excluding hydrogens is 673 g/mol. The Bertz CT molecular complexity index is 1020. The van der Waals surface area contributed by atoms with E-state index in [1.807, 2.05) is 12.1 Å². The average molecular weight is 744 g/mol. The monoisotopic (exact) mass is 743 g/mol. The van der Waals surface area contributed by atoms with E-state index in [9.17, 15) is 39.8 Å². The number of carbonyl (C=O) groups excluding carboxylic acids is 1. The predicted octanol–water partition coefficient (Wildman–Crippen LogP) is 5.82. The van der Waals surface area contributed by atoms with Gasteiger partial charge in [-0.25, -0.2) is 9.18 Å². The Morgan fingerprint density at radius 3 is 1.88 bits per heavy atom. The van der Waals surface area contributed by atoms with Gasteiger partial charge in [-0.1, -0.05) is 128 Å². The minimum atomic E-state index is -1.65. The van der Waals surface area contributed by atoms with Crippen molar-refractivity contribution < 1.29 is 54.0 Å². The molecule has 52 heavy (non-hydrogen) atoms. The predicted molar refractivity (Wildman–Crippen MR) is 198 cm³/mol. The Hall–Kier alpha value is -1.90. The quantitative estimate of drug-likeness (QED) is 0.0475. The maximum atomic E-state index is 13.0. The van der Waals surface area contributed by atoms with Gasteiger partial charge in [0.15, 0.2) is 6.29 Å². The first kappa shape index (κ1) is 46.3. The maximum Gasteiger partial charge on any atom is 0.407 e. The molecule has 1 aliphatic heterocycles. The first-order chi connectivity index (χ1) is 25.2. The number of aryl methyl sites for hydroxylation is 1. The fourth-order valence-corrected chi connectivity index (χ4v) is 6.59. The Labute approximate surface area is 311 Å². The number of aliphatic hydroxyl groups excluding tert-OH is 6. The van der Waals surface area contributed by atoms with Crippen LogP contribution in [-0.4, -0.2) is 106 Å². The number of carbonyl (C=O) groups is 1. The lowest BCUT2D eigenvalue weighted by Crippen LogP contribution is -2.60. The van der Waals surface area contributed by atoms with E-state index in [-0.39, 0.29) is 12.4 Å². The van der Waals surface area contributed by atoms with Crippen LogP contribution in [0, 0.1) is 5.82 Å². The molecule has 0 saturated carbocycles. The Morgan fingerprint density at radius 1 is 0.769 bits per heavy atom. The van der Waals surface area contributed by atoms with E-state index in [1.54, 1.807) is 0 Å². The molecule has 2 rings (SSSR count). The van der Waals surface area contributed by atoms with Crippen LogP contribution < -0.4 is 5.32 Å². The van der Waals surface area contributed by atoms with Gasteiger partial charge in [0.2, 0.25) is 0 Å². The van der Waals surface area contributed by atoms with Crippen LogP contribution >= 0.6 is 0 Å². The number of amides is 1. The van der Waals surface area contributed by atoms with Crippen molar-refractivity contribution in [1.82, 2.24) is 5.32 Å². The summed E-state index contributed by atoms with van der Waals surface area (Å²) in [5.74, 6) is -0.220. The Kier molecular flexibility index (Phi) is 25.4. The lowest BCUT2D eigenvalue weighted by molar-refractivity contribution is -0.303. The number of halogens is 1. The molecule has 0 radical (unpaired) electrons. The zero-order chi connectivity index (χ0) is 38.0. The number of aliphatic hydroxyl groups is 6. The van der Waals surface area contributed by atoms with E-state index in [1.165, 1.54) is 63.5 Å². The normalized spacial score (nSPS) is 22.2. The third-order valence-electron chi connectivity index (χ3n) is 10.0. The molecule has 1 fully saturated rings. The molecule has 1 aromatic rings. The fraction of sp³-hybridized carbons (Fsp3) is 0.825. The van der Waals surface area contributed by atoms with Crippen LogP contribution in [0.15, 0.2) is 24.3 Å². The molecule has 1 aliphatic rings. The third-order valence-corrected chi connectivity index (χ3v) is 10.0. The first-order valence-electron chi connectivity index (χ1n) is 20.1. The molecule has 302 valence electrons. The molecule has 1 amide bonds. The Morgan fingerprint density at radius 2 is 1.31 bits per heavy atom. The van der Waals surface area contributed by atoms with E-state index in [2.05, 4.69) is 12.2 Å². The number of benzene rings is 1. The van der Waals surface area contributed by atoms with Crippen molar-refractivity contribution >= 4 is 6.09 Å². The maximum absolute atomic E-state index is 13.0. The second-order valence-electron chi connectivity index (χ2n) is 14.5. The van der Waals surface area contributed by atoms with Gasteiger partial charge in [0, 0.05) is 0 Å². The van der Waals surface area contributed by atoms with Crippen LogP contribution in [0.3, 0.4) is 0 Å². The molecule has 12 heteroatoms.